The highest BCUT2D eigenvalue weighted by atomic mass is 35.5. The first-order valence-corrected chi connectivity index (χ1v) is 5.90. The van der Waals surface area contributed by atoms with Gasteiger partial charge in [0, 0.05) is 7.05 Å². The van der Waals surface area contributed by atoms with Crippen LogP contribution in [-0.2, 0) is 6.54 Å². The maximum atomic E-state index is 12.2. The SMILES string of the molecule is Cc1nc(CN(C)C(=O)c2nc(N)ccc2Cl)n[nH]1. The molecule has 0 fully saturated rings. The standard InChI is InChI=1S/C11H13ClN6O/c1-6-14-9(17-16-6)5-18(2)11(19)10-7(12)3-4-8(13)15-10/h3-4H,5H2,1-2H3,(H2,13,15)(H,14,16,17). The van der Waals surface area contributed by atoms with E-state index in [4.69, 9.17) is 17.3 Å². The van der Waals surface area contributed by atoms with Gasteiger partial charge in [0.2, 0.25) is 0 Å². The Morgan fingerprint density at radius 1 is 1.47 bits per heavy atom. The van der Waals surface area contributed by atoms with Crippen LogP contribution in [0.1, 0.15) is 22.1 Å². The van der Waals surface area contributed by atoms with E-state index in [0.717, 1.165) is 0 Å². The summed E-state index contributed by atoms with van der Waals surface area (Å²) in [6.45, 7) is 2.05. The van der Waals surface area contributed by atoms with E-state index in [1.807, 2.05) is 0 Å². The number of hydrogen-bond donors (Lipinski definition) is 2. The molecule has 8 heteroatoms. The molecule has 2 heterocycles. The van der Waals surface area contributed by atoms with E-state index < -0.39 is 0 Å². The Labute approximate surface area is 114 Å². The molecule has 3 N–H and O–H groups in total. The second-order valence-corrected chi connectivity index (χ2v) is 4.47. The topological polar surface area (TPSA) is 101 Å². The molecule has 0 unspecified atom stereocenters. The van der Waals surface area contributed by atoms with Crippen LogP contribution in [0.5, 0.6) is 0 Å². The zero-order chi connectivity index (χ0) is 14.0. The maximum Gasteiger partial charge on any atom is 0.274 e. The Kier molecular flexibility index (Phi) is 3.66. The van der Waals surface area contributed by atoms with Crippen LogP contribution in [0.25, 0.3) is 0 Å². The molecule has 2 aromatic rings. The second kappa shape index (κ2) is 5.23. The second-order valence-electron chi connectivity index (χ2n) is 4.06. The van der Waals surface area contributed by atoms with Crippen molar-refractivity contribution in [3.05, 3.63) is 34.5 Å². The number of aryl methyl sites for hydroxylation is 1. The molecule has 0 bridgehead atoms. The van der Waals surface area contributed by atoms with Crippen LogP contribution in [0.15, 0.2) is 12.1 Å². The predicted octanol–water partition coefficient (Wildman–Crippen LogP) is 1.02. The van der Waals surface area contributed by atoms with Crippen LogP contribution in [0.3, 0.4) is 0 Å². The quantitative estimate of drug-likeness (QED) is 0.874. The molecule has 0 atom stereocenters. The Bertz CT molecular complexity index is 611. The Morgan fingerprint density at radius 2 is 2.21 bits per heavy atom. The zero-order valence-electron chi connectivity index (χ0n) is 10.5. The van der Waals surface area contributed by atoms with Gasteiger partial charge in [-0.3, -0.25) is 9.89 Å². The van der Waals surface area contributed by atoms with Gasteiger partial charge in [-0.05, 0) is 19.1 Å². The maximum absolute atomic E-state index is 12.2. The smallest absolute Gasteiger partial charge is 0.274 e. The number of nitrogens with one attached hydrogen (secondary N) is 1. The van der Waals surface area contributed by atoms with Crippen molar-refractivity contribution in [3.8, 4) is 0 Å². The fourth-order valence-corrected chi connectivity index (χ4v) is 1.72. The molecule has 2 rings (SSSR count). The minimum atomic E-state index is -0.334. The molecule has 0 radical (unpaired) electrons. The van der Waals surface area contributed by atoms with E-state index in [1.54, 1.807) is 20.0 Å². The first-order valence-electron chi connectivity index (χ1n) is 5.52. The highest BCUT2D eigenvalue weighted by molar-refractivity contribution is 6.33. The van der Waals surface area contributed by atoms with Crippen LogP contribution >= 0.6 is 11.6 Å². The third-order valence-electron chi connectivity index (χ3n) is 2.44. The lowest BCUT2D eigenvalue weighted by Gasteiger charge is -2.15. The van der Waals surface area contributed by atoms with Crippen molar-refractivity contribution in [2.75, 3.05) is 12.8 Å². The summed E-state index contributed by atoms with van der Waals surface area (Å²) < 4.78 is 0. The van der Waals surface area contributed by atoms with Crippen LogP contribution in [0.4, 0.5) is 5.82 Å². The highest BCUT2D eigenvalue weighted by Crippen LogP contribution is 2.17. The minimum absolute atomic E-state index is 0.122. The normalized spacial score (nSPS) is 10.5. The van der Waals surface area contributed by atoms with Crippen molar-refractivity contribution in [1.82, 2.24) is 25.1 Å². The summed E-state index contributed by atoms with van der Waals surface area (Å²) in [5.74, 6) is 1.12. The number of nitrogens with zero attached hydrogens (tertiary/aromatic N) is 4. The number of carbonyl (C=O) groups excluding carboxylic acids is 1. The fourth-order valence-electron chi connectivity index (χ4n) is 1.53. The summed E-state index contributed by atoms with van der Waals surface area (Å²) in [5.41, 5.74) is 5.67. The van der Waals surface area contributed by atoms with E-state index in [1.165, 1.54) is 11.0 Å². The third kappa shape index (κ3) is 3.00. The molecule has 2 aromatic heterocycles. The van der Waals surface area contributed by atoms with E-state index in [9.17, 15) is 4.79 Å². The van der Waals surface area contributed by atoms with Gasteiger partial charge < -0.3 is 10.6 Å². The van der Waals surface area contributed by atoms with Crippen LogP contribution in [0.2, 0.25) is 5.02 Å². The Balaban J connectivity index is 2.16. The number of H-pyrrole nitrogens is 1. The van der Waals surface area contributed by atoms with Gasteiger partial charge in [-0.25, -0.2) is 9.97 Å². The van der Waals surface area contributed by atoms with Gasteiger partial charge >= 0.3 is 0 Å². The largest absolute Gasteiger partial charge is 0.384 e. The van der Waals surface area contributed by atoms with Crippen molar-refractivity contribution in [2.24, 2.45) is 0 Å². The van der Waals surface area contributed by atoms with Gasteiger partial charge in [0.1, 0.15) is 17.3 Å². The molecule has 0 aliphatic heterocycles. The molecular weight excluding hydrogens is 268 g/mol. The van der Waals surface area contributed by atoms with Gasteiger partial charge in [-0.2, -0.15) is 5.10 Å². The van der Waals surface area contributed by atoms with Crippen molar-refractivity contribution in [2.45, 2.75) is 13.5 Å². The fraction of sp³-hybridized carbons (Fsp3) is 0.273. The molecule has 100 valence electrons. The van der Waals surface area contributed by atoms with Gasteiger partial charge in [0.25, 0.3) is 5.91 Å². The van der Waals surface area contributed by atoms with Crippen molar-refractivity contribution < 1.29 is 4.79 Å². The molecule has 19 heavy (non-hydrogen) atoms. The Hall–Kier alpha value is -2.15. The van der Waals surface area contributed by atoms with Crippen LogP contribution < -0.4 is 5.73 Å². The molecule has 0 saturated heterocycles. The van der Waals surface area contributed by atoms with Crippen molar-refractivity contribution in [3.63, 3.8) is 0 Å². The van der Waals surface area contributed by atoms with Gasteiger partial charge in [-0.1, -0.05) is 11.6 Å². The lowest BCUT2D eigenvalue weighted by Crippen LogP contribution is -2.28. The lowest BCUT2D eigenvalue weighted by molar-refractivity contribution is 0.0776. The molecule has 1 amide bonds. The molecule has 0 saturated carbocycles. The summed E-state index contributed by atoms with van der Waals surface area (Å²) in [5, 5.41) is 6.94. The summed E-state index contributed by atoms with van der Waals surface area (Å²) in [7, 11) is 1.62. The molecule has 7 nitrogen and oxygen atoms in total. The summed E-state index contributed by atoms with van der Waals surface area (Å²) in [6.07, 6.45) is 0. The summed E-state index contributed by atoms with van der Waals surface area (Å²) in [6, 6.07) is 3.08. The summed E-state index contributed by atoms with van der Waals surface area (Å²) >= 11 is 5.94. The number of carbonyl (C=O) groups is 1. The van der Waals surface area contributed by atoms with Crippen molar-refractivity contribution >= 4 is 23.3 Å². The lowest BCUT2D eigenvalue weighted by atomic mass is 10.3. The molecule has 0 aromatic carbocycles. The number of amides is 1. The number of nitrogens with two attached hydrogens (primary N) is 1. The number of aromatic amines is 1. The zero-order valence-corrected chi connectivity index (χ0v) is 11.3. The van der Waals surface area contributed by atoms with Crippen molar-refractivity contribution in [1.29, 1.82) is 0 Å². The van der Waals surface area contributed by atoms with Gasteiger partial charge in [0.05, 0.1) is 11.6 Å². The van der Waals surface area contributed by atoms with Gasteiger partial charge in [-0.15, -0.1) is 0 Å². The van der Waals surface area contributed by atoms with E-state index in [2.05, 4.69) is 20.2 Å². The number of anilines is 1. The average molecular weight is 281 g/mol. The predicted molar refractivity (Wildman–Crippen MR) is 70.6 cm³/mol. The monoisotopic (exact) mass is 280 g/mol. The van der Waals surface area contributed by atoms with Gasteiger partial charge in [0.15, 0.2) is 5.82 Å². The molecule has 0 aliphatic rings. The van der Waals surface area contributed by atoms with E-state index in [0.29, 0.717) is 11.6 Å². The van der Waals surface area contributed by atoms with E-state index in [-0.39, 0.29) is 29.0 Å². The third-order valence-corrected chi connectivity index (χ3v) is 2.74. The number of rotatable bonds is 3. The minimum Gasteiger partial charge on any atom is -0.384 e. The number of hydrogen-bond acceptors (Lipinski definition) is 5. The highest BCUT2D eigenvalue weighted by Gasteiger charge is 2.18. The molecule has 0 spiro atoms. The first-order chi connectivity index (χ1) is 8.97. The first kappa shape index (κ1) is 13.3. The number of pyridine rings is 1. The number of aromatic nitrogens is 4. The average Bonchev–Trinajstić information content (AvgIpc) is 2.77. The summed E-state index contributed by atoms with van der Waals surface area (Å²) in [4.78, 5) is 21.7. The molecular formula is C11H13ClN6O. The number of halogens is 1. The van der Waals surface area contributed by atoms with Crippen LogP contribution in [-0.4, -0.2) is 38.0 Å². The van der Waals surface area contributed by atoms with Crippen LogP contribution in [0, 0.1) is 6.92 Å². The number of nitrogen functional groups attached to an aromatic ring is 1. The molecule has 0 aliphatic carbocycles. The van der Waals surface area contributed by atoms with E-state index >= 15 is 0 Å². The Morgan fingerprint density at radius 3 is 2.84 bits per heavy atom.